The van der Waals surface area contributed by atoms with E-state index in [1.54, 1.807) is 22.9 Å². The Morgan fingerprint density at radius 2 is 1.14 bits per heavy atom. The van der Waals surface area contributed by atoms with Gasteiger partial charge in [0.25, 0.3) is 0 Å². The van der Waals surface area contributed by atoms with Crippen molar-refractivity contribution in [2.45, 2.75) is 26.2 Å². The number of aromatic nitrogens is 2. The Bertz CT molecular complexity index is 4260. The lowest BCUT2D eigenvalue weighted by Gasteiger charge is -2.27. The van der Waals surface area contributed by atoms with E-state index in [1.807, 2.05) is 72.8 Å². The summed E-state index contributed by atoms with van der Waals surface area (Å²) in [4.78, 5) is 9.77. The van der Waals surface area contributed by atoms with E-state index in [4.69, 9.17) is 21.3 Å². The third-order valence-electron chi connectivity index (χ3n) is 13.2. The second-order valence-electron chi connectivity index (χ2n) is 18.6. The summed E-state index contributed by atoms with van der Waals surface area (Å²) < 4.78 is 87.3. The van der Waals surface area contributed by atoms with Crippen molar-refractivity contribution in [2.24, 2.45) is 0 Å². The molecule has 0 saturated heterocycles. The lowest BCUT2D eigenvalue weighted by molar-refractivity contribution is 0.483. The number of benzene rings is 9. The molecule has 0 N–H and O–H groups in total. The molecule has 9 aromatic carbocycles. The summed E-state index contributed by atoms with van der Waals surface area (Å²) in [6.45, 7) is 6.84. The first-order chi connectivity index (χ1) is 37.6. The molecule has 336 valence electrons. The monoisotopic (exact) mass is 912 g/mol. The van der Waals surface area contributed by atoms with Crippen molar-refractivity contribution < 1.29 is 20.4 Å². The minimum absolute atomic E-state index is 0.198. The summed E-state index contributed by atoms with van der Waals surface area (Å²) in [7, 11) is 0. The highest BCUT2D eigenvalue weighted by molar-refractivity contribution is 6.11. The Balaban J connectivity index is 1.05. The average Bonchev–Trinajstić information content (AvgIpc) is 4.23. The van der Waals surface area contributed by atoms with Crippen LogP contribution < -0.4 is 19.3 Å². The van der Waals surface area contributed by atoms with Crippen LogP contribution in [-0.4, -0.2) is 16.2 Å². The maximum absolute atomic E-state index is 9.84. The van der Waals surface area contributed by atoms with Crippen LogP contribution in [0.4, 0.5) is 22.7 Å². The van der Waals surface area contributed by atoms with Gasteiger partial charge in [-0.3, -0.25) is 4.57 Å². The number of anilines is 4. The third kappa shape index (κ3) is 7.15. The van der Waals surface area contributed by atoms with Gasteiger partial charge < -0.3 is 19.3 Å². The van der Waals surface area contributed by atoms with Crippen LogP contribution >= 0.6 is 0 Å². The highest BCUT2D eigenvalue weighted by Crippen LogP contribution is 2.51. The van der Waals surface area contributed by atoms with Gasteiger partial charge in [-0.2, -0.15) is 0 Å². The van der Waals surface area contributed by atoms with Crippen molar-refractivity contribution in [2.75, 3.05) is 16.5 Å². The highest BCUT2D eigenvalue weighted by atomic mass is 16.5. The highest BCUT2D eigenvalue weighted by Gasteiger charge is 2.32. The zero-order valence-electron chi connectivity index (χ0n) is 46.6. The molecule has 6 nitrogen and oxygen atoms in total. The molecule has 6 heteroatoms. The van der Waals surface area contributed by atoms with E-state index in [0.717, 1.165) is 61.7 Å². The molecule has 2 aromatic heterocycles. The molecule has 4 aliphatic heterocycles. The maximum Gasteiger partial charge on any atom is 0.137 e. The maximum atomic E-state index is 9.84. The Labute approximate surface area is 419 Å². The van der Waals surface area contributed by atoms with E-state index in [9.17, 15) is 4.11 Å². The predicted octanol–water partition coefficient (Wildman–Crippen LogP) is 17.3. The minimum atomic E-state index is -0.595. The van der Waals surface area contributed by atoms with Crippen molar-refractivity contribution in [3.63, 3.8) is 0 Å². The smallest absolute Gasteiger partial charge is 0.137 e. The quantitative estimate of drug-likeness (QED) is 0.173. The zero-order chi connectivity index (χ0) is 53.9. The molecule has 15 rings (SSSR count). The van der Waals surface area contributed by atoms with E-state index >= 15 is 0 Å². The van der Waals surface area contributed by atoms with E-state index < -0.39 is 41.7 Å². The van der Waals surface area contributed by atoms with Crippen LogP contribution in [0.3, 0.4) is 0 Å². The number of para-hydroxylation sites is 3. The summed E-state index contributed by atoms with van der Waals surface area (Å²) in [5.74, 6) is 2.72. The SMILES string of the molecule is [2H]c1c([2H])c([2H])c(-c2c([2H])c([2H])c3c(c2[2H])c2ccc4cc2n3-c2cc(C(C)(C)C)c(cn2)-c2cccc(c2)Oc2ccc(cc2)-c2cccc(-c3ccccc3)c2N2CN(c3cccc(c3)O4)c3ccccc32)c([2H])c1[2H]. The molecule has 6 heterocycles. The number of nitrogens with zero attached hydrogens (tertiary/aromatic N) is 4. The number of pyridine rings is 1. The van der Waals surface area contributed by atoms with Crippen molar-refractivity contribution in [3.8, 4) is 73.3 Å². The van der Waals surface area contributed by atoms with Crippen LogP contribution in [0.5, 0.6) is 23.0 Å². The Morgan fingerprint density at radius 3 is 1.93 bits per heavy atom. The summed E-state index contributed by atoms with van der Waals surface area (Å²) in [6.07, 6.45) is 1.81. The first-order valence-corrected chi connectivity index (χ1v) is 23.3. The second-order valence-corrected chi connectivity index (χ2v) is 18.6. The van der Waals surface area contributed by atoms with Gasteiger partial charge in [0.2, 0.25) is 0 Å². The number of hydrogen-bond donors (Lipinski definition) is 0. The number of fused-ring (bicyclic) bond motifs is 5. The molecular weight excluding hydrogens is 857 g/mol. The zero-order valence-corrected chi connectivity index (χ0v) is 38.6. The largest absolute Gasteiger partial charge is 0.457 e. The van der Waals surface area contributed by atoms with Crippen LogP contribution in [0.25, 0.3) is 72.1 Å². The van der Waals surface area contributed by atoms with Gasteiger partial charge in [0.05, 0.1) is 39.1 Å². The minimum Gasteiger partial charge on any atom is -0.457 e. The van der Waals surface area contributed by atoms with Gasteiger partial charge in [-0.05, 0) is 118 Å². The van der Waals surface area contributed by atoms with E-state index in [-0.39, 0.29) is 34.1 Å². The summed E-state index contributed by atoms with van der Waals surface area (Å²) in [5, 5.41) is 0.769. The number of rotatable bonds is 2. The molecule has 0 radical (unpaired) electrons. The average molecular weight is 913 g/mol. The standard InChI is InChI=1S/C64H48N4O2/c1-64(2,3)57-39-62-65-40-56(57)46-19-12-21-49(35-46)69-48-30-27-44(28-31-48)53-24-14-23-52(43-17-8-5-9-18-43)63(53)67-41-66(59-25-10-11-26-60(59)67)47-20-13-22-50(37-47)70-51-32-33-54-55-36-45(42-15-6-4-7-16-42)29-34-58(55)68(62)61(54)38-51/h4-40H,41H2,1-3H3/i4D,6D,7D,15D,16D,29D,34D,36D. The van der Waals surface area contributed by atoms with E-state index in [2.05, 4.69) is 116 Å². The molecule has 12 bridgehead atoms. The first kappa shape index (κ1) is 33.6. The van der Waals surface area contributed by atoms with Gasteiger partial charge in [-0.25, -0.2) is 4.98 Å². The second kappa shape index (κ2) is 16.4. The van der Waals surface area contributed by atoms with Crippen LogP contribution in [0.15, 0.2) is 224 Å². The normalized spacial score (nSPS) is 14.5. The first-order valence-electron chi connectivity index (χ1n) is 27.3. The third-order valence-corrected chi connectivity index (χ3v) is 13.2. The molecule has 0 unspecified atom stereocenters. The van der Waals surface area contributed by atoms with Crippen LogP contribution in [0.2, 0.25) is 0 Å². The Kier molecular flexibility index (Phi) is 7.88. The molecule has 0 fully saturated rings. The summed E-state index contributed by atoms with van der Waals surface area (Å²) in [5.41, 5.74) is 10.6. The van der Waals surface area contributed by atoms with Gasteiger partial charge in [-0.1, -0.05) is 148 Å². The molecule has 0 atom stereocenters. The van der Waals surface area contributed by atoms with Crippen molar-refractivity contribution in [1.82, 2.24) is 9.55 Å². The summed E-state index contributed by atoms with van der Waals surface area (Å²) in [6, 6.07) is 52.9. The van der Waals surface area contributed by atoms with Gasteiger partial charge in [0.1, 0.15) is 35.5 Å². The van der Waals surface area contributed by atoms with Crippen LogP contribution in [0, 0.1) is 0 Å². The number of hydrogen-bond acceptors (Lipinski definition) is 5. The number of ether oxygens (including phenoxy) is 2. The summed E-state index contributed by atoms with van der Waals surface area (Å²) >= 11 is 0. The fourth-order valence-electron chi connectivity index (χ4n) is 9.97. The van der Waals surface area contributed by atoms with E-state index in [0.29, 0.717) is 46.4 Å². The molecule has 70 heavy (non-hydrogen) atoms. The van der Waals surface area contributed by atoms with Gasteiger partial charge in [0.15, 0.2) is 0 Å². The Hall–Kier alpha value is -8.87. The van der Waals surface area contributed by atoms with Crippen molar-refractivity contribution in [1.29, 1.82) is 0 Å². The molecule has 11 aromatic rings. The lowest BCUT2D eigenvalue weighted by Crippen LogP contribution is -2.24. The molecule has 0 amide bonds. The molecule has 0 saturated carbocycles. The fraction of sp³-hybridized carbons (Fsp3) is 0.0781. The Morgan fingerprint density at radius 1 is 0.486 bits per heavy atom. The van der Waals surface area contributed by atoms with Gasteiger partial charge >= 0.3 is 0 Å². The molecule has 0 aliphatic carbocycles. The van der Waals surface area contributed by atoms with Gasteiger partial charge in [-0.15, -0.1) is 0 Å². The van der Waals surface area contributed by atoms with Crippen LogP contribution in [-0.2, 0) is 5.41 Å². The predicted molar refractivity (Wildman–Crippen MR) is 288 cm³/mol. The molecular formula is C64H48N4O2. The molecule has 4 aliphatic rings. The molecule has 0 spiro atoms. The van der Waals surface area contributed by atoms with Gasteiger partial charge in [0, 0.05) is 51.5 Å². The lowest BCUT2D eigenvalue weighted by atomic mass is 9.82. The topological polar surface area (TPSA) is 42.8 Å². The van der Waals surface area contributed by atoms with Crippen molar-refractivity contribution in [3.05, 3.63) is 230 Å². The van der Waals surface area contributed by atoms with E-state index in [1.165, 1.54) is 0 Å². The van der Waals surface area contributed by atoms with Crippen LogP contribution in [0.1, 0.15) is 37.3 Å². The fourth-order valence-corrected chi connectivity index (χ4v) is 9.97. The van der Waals surface area contributed by atoms with Crippen molar-refractivity contribution >= 4 is 44.6 Å².